The number of amides is 2. The zero-order chi connectivity index (χ0) is 19.7. The van der Waals surface area contributed by atoms with Crippen LogP contribution < -0.4 is 10.9 Å². The van der Waals surface area contributed by atoms with Gasteiger partial charge in [0, 0.05) is 19.6 Å². The number of aryl methyl sites for hydroxylation is 1. The Kier molecular flexibility index (Phi) is 5.15. The van der Waals surface area contributed by atoms with Crippen molar-refractivity contribution in [3.05, 3.63) is 40.4 Å². The van der Waals surface area contributed by atoms with E-state index >= 15 is 0 Å². The van der Waals surface area contributed by atoms with Gasteiger partial charge < -0.3 is 10.2 Å². The Morgan fingerprint density at radius 2 is 2.07 bits per heavy atom. The maximum absolute atomic E-state index is 12.8. The second kappa shape index (κ2) is 7.73. The van der Waals surface area contributed by atoms with Gasteiger partial charge in [-0.1, -0.05) is 12.1 Å². The molecule has 2 heterocycles. The standard InChI is InChI=1S/C21H26N4O3/c1-14-4-2-6-17-19(14)23-13-25(21(17)28)12-18(26)24-9-3-5-16(11-24)20(27)22-10-15-7-8-15/h2,4,6,13,15-16H,3,5,7-12H2,1H3,(H,22,27). The molecule has 2 aromatic rings. The molecule has 1 aromatic carbocycles. The summed E-state index contributed by atoms with van der Waals surface area (Å²) in [6, 6.07) is 5.47. The zero-order valence-corrected chi connectivity index (χ0v) is 16.2. The summed E-state index contributed by atoms with van der Waals surface area (Å²) < 4.78 is 1.36. The van der Waals surface area contributed by atoms with Crippen LogP contribution >= 0.6 is 0 Å². The third-order valence-electron chi connectivity index (χ3n) is 5.77. The highest BCUT2D eigenvalue weighted by atomic mass is 16.2. The third-order valence-corrected chi connectivity index (χ3v) is 5.77. The van der Waals surface area contributed by atoms with Crippen LogP contribution in [-0.2, 0) is 16.1 Å². The molecule has 1 saturated carbocycles. The van der Waals surface area contributed by atoms with Crippen LogP contribution in [0, 0.1) is 18.8 Å². The van der Waals surface area contributed by atoms with Gasteiger partial charge in [0.25, 0.3) is 5.56 Å². The highest BCUT2D eigenvalue weighted by molar-refractivity contribution is 5.82. The SMILES string of the molecule is Cc1cccc2c(=O)n(CC(=O)N3CCCC(C(=O)NCC4CC4)C3)cnc12. The number of hydrogen-bond donors (Lipinski definition) is 1. The van der Waals surface area contributed by atoms with Crippen molar-refractivity contribution in [2.45, 2.75) is 39.2 Å². The van der Waals surface area contributed by atoms with E-state index in [9.17, 15) is 14.4 Å². The predicted octanol–water partition coefficient (Wildman–Crippen LogP) is 1.47. The van der Waals surface area contributed by atoms with Crippen molar-refractivity contribution in [1.82, 2.24) is 19.8 Å². The zero-order valence-electron chi connectivity index (χ0n) is 16.2. The molecule has 1 N–H and O–H groups in total. The van der Waals surface area contributed by atoms with Crippen molar-refractivity contribution in [2.24, 2.45) is 11.8 Å². The topological polar surface area (TPSA) is 84.3 Å². The number of piperidine rings is 1. The van der Waals surface area contributed by atoms with Crippen LogP contribution in [0.4, 0.5) is 0 Å². The summed E-state index contributed by atoms with van der Waals surface area (Å²) in [4.78, 5) is 43.9. The smallest absolute Gasteiger partial charge is 0.261 e. The lowest BCUT2D eigenvalue weighted by Crippen LogP contribution is -2.47. The minimum Gasteiger partial charge on any atom is -0.356 e. The first kappa shape index (κ1) is 18.7. The van der Waals surface area contributed by atoms with E-state index < -0.39 is 0 Å². The molecule has 2 amide bonds. The van der Waals surface area contributed by atoms with Crippen LogP contribution in [-0.4, -0.2) is 45.9 Å². The Labute approximate surface area is 163 Å². The van der Waals surface area contributed by atoms with Gasteiger partial charge in [-0.15, -0.1) is 0 Å². The second-order valence-electron chi connectivity index (χ2n) is 8.02. The summed E-state index contributed by atoms with van der Waals surface area (Å²) in [5.41, 5.74) is 1.39. The number of nitrogens with one attached hydrogen (secondary N) is 1. The maximum atomic E-state index is 12.8. The second-order valence-corrected chi connectivity index (χ2v) is 8.02. The molecular formula is C21H26N4O3. The molecule has 7 heteroatoms. The summed E-state index contributed by atoms with van der Waals surface area (Å²) in [5, 5.41) is 3.54. The van der Waals surface area contributed by atoms with E-state index in [4.69, 9.17) is 0 Å². The first-order chi connectivity index (χ1) is 13.5. The van der Waals surface area contributed by atoms with Gasteiger partial charge in [0.05, 0.1) is 23.1 Å². The fourth-order valence-electron chi connectivity index (χ4n) is 3.82. The molecule has 4 rings (SSSR count). The van der Waals surface area contributed by atoms with Crippen LogP contribution in [0.1, 0.15) is 31.2 Å². The van der Waals surface area contributed by atoms with Crippen molar-refractivity contribution in [3.63, 3.8) is 0 Å². The molecule has 2 aliphatic rings. The molecule has 1 aliphatic carbocycles. The largest absolute Gasteiger partial charge is 0.356 e. The monoisotopic (exact) mass is 382 g/mol. The van der Waals surface area contributed by atoms with Gasteiger partial charge in [0.1, 0.15) is 6.54 Å². The van der Waals surface area contributed by atoms with Gasteiger partial charge in [0.15, 0.2) is 0 Å². The fourth-order valence-corrected chi connectivity index (χ4v) is 3.82. The Bertz CT molecular complexity index is 964. The van der Waals surface area contributed by atoms with Crippen molar-refractivity contribution >= 4 is 22.7 Å². The highest BCUT2D eigenvalue weighted by Crippen LogP contribution is 2.28. The molecule has 1 unspecified atom stereocenters. The number of aromatic nitrogens is 2. The maximum Gasteiger partial charge on any atom is 0.261 e. The molecule has 28 heavy (non-hydrogen) atoms. The number of fused-ring (bicyclic) bond motifs is 1. The third kappa shape index (κ3) is 3.93. The molecule has 2 fully saturated rings. The first-order valence-corrected chi connectivity index (χ1v) is 10.0. The van der Waals surface area contributed by atoms with Crippen molar-refractivity contribution in [3.8, 4) is 0 Å². The van der Waals surface area contributed by atoms with Gasteiger partial charge >= 0.3 is 0 Å². The van der Waals surface area contributed by atoms with Crippen LogP contribution in [0.3, 0.4) is 0 Å². The number of rotatable bonds is 5. The Balaban J connectivity index is 1.43. The average molecular weight is 382 g/mol. The van der Waals surface area contributed by atoms with E-state index in [1.54, 1.807) is 11.0 Å². The molecular weight excluding hydrogens is 356 g/mol. The Morgan fingerprint density at radius 3 is 2.86 bits per heavy atom. The van der Waals surface area contributed by atoms with E-state index in [0.717, 1.165) is 24.9 Å². The lowest BCUT2D eigenvalue weighted by Gasteiger charge is -2.32. The van der Waals surface area contributed by atoms with Gasteiger partial charge in [-0.05, 0) is 50.2 Å². The number of benzene rings is 1. The quantitative estimate of drug-likeness (QED) is 0.849. The van der Waals surface area contributed by atoms with Crippen molar-refractivity contribution in [1.29, 1.82) is 0 Å². The number of hydrogen-bond acceptors (Lipinski definition) is 4. The molecule has 0 radical (unpaired) electrons. The molecule has 0 spiro atoms. The van der Waals surface area contributed by atoms with E-state index in [2.05, 4.69) is 10.3 Å². The summed E-state index contributed by atoms with van der Waals surface area (Å²) in [7, 11) is 0. The summed E-state index contributed by atoms with van der Waals surface area (Å²) in [6.07, 6.45) is 5.45. The van der Waals surface area contributed by atoms with Gasteiger partial charge in [-0.3, -0.25) is 19.0 Å². The Morgan fingerprint density at radius 1 is 1.25 bits per heavy atom. The molecule has 1 saturated heterocycles. The lowest BCUT2D eigenvalue weighted by molar-refractivity contribution is -0.136. The van der Waals surface area contributed by atoms with E-state index in [1.807, 2.05) is 19.1 Å². The van der Waals surface area contributed by atoms with E-state index in [0.29, 0.717) is 29.9 Å². The number of likely N-dealkylation sites (tertiary alicyclic amines) is 1. The number of carbonyl (C=O) groups is 2. The molecule has 148 valence electrons. The average Bonchev–Trinajstić information content (AvgIpc) is 3.53. The Hall–Kier alpha value is -2.70. The molecule has 1 atom stereocenters. The molecule has 0 bridgehead atoms. The summed E-state index contributed by atoms with van der Waals surface area (Å²) in [6.45, 7) is 3.66. The van der Waals surface area contributed by atoms with Gasteiger partial charge in [0.2, 0.25) is 11.8 Å². The number of carbonyl (C=O) groups excluding carboxylic acids is 2. The predicted molar refractivity (Wildman–Crippen MR) is 106 cm³/mol. The van der Waals surface area contributed by atoms with E-state index in [-0.39, 0.29) is 29.8 Å². The van der Waals surface area contributed by atoms with Gasteiger partial charge in [-0.25, -0.2) is 4.98 Å². The lowest BCUT2D eigenvalue weighted by atomic mass is 9.97. The highest BCUT2D eigenvalue weighted by Gasteiger charge is 2.30. The van der Waals surface area contributed by atoms with E-state index in [1.165, 1.54) is 23.7 Å². The van der Waals surface area contributed by atoms with Crippen molar-refractivity contribution in [2.75, 3.05) is 19.6 Å². The van der Waals surface area contributed by atoms with Crippen LogP contribution in [0.25, 0.3) is 10.9 Å². The van der Waals surface area contributed by atoms with Crippen LogP contribution in [0.2, 0.25) is 0 Å². The van der Waals surface area contributed by atoms with Crippen LogP contribution in [0.15, 0.2) is 29.3 Å². The van der Waals surface area contributed by atoms with Gasteiger partial charge in [-0.2, -0.15) is 0 Å². The molecule has 1 aliphatic heterocycles. The number of nitrogens with zero attached hydrogens (tertiary/aromatic N) is 3. The molecule has 7 nitrogen and oxygen atoms in total. The summed E-state index contributed by atoms with van der Waals surface area (Å²) >= 11 is 0. The normalized spacial score (nSPS) is 19.6. The fraction of sp³-hybridized carbons (Fsp3) is 0.524. The van der Waals surface area contributed by atoms with Crippen molar-refractivity contribution < 1.29 is 9.59 Å². The number of para-hydroxylation sites is 1. The van der Waals surface area contributed by atoms with Crippen LogP contribution in [0.5, 0.6) is 0 Å². The minimum absolute atomic E-state index is 0.0458. The first-order valence-electron chi connectivity index (χ1n) is 10.0. The summed E-state index contributed by atoms with van der Waals surface area (Å²) in [5.74, 6) is 0.381. The molecule has 1 aromatic heterocycles. The minimum atomic E-state index is -0.210.